The van der Waals surface area contributed by atoms with Crippen LogP contribution < -0.4 is 0 Å². The van der Waals surface area contributed by atoms with E-state index < -0.39 is 57.7 Å². The van der Waals surface area contributed by atoms with E-state index in [1.165, 1.54) is 12.1 Å². The monoisotopic (exact) mass is 518 g/mol. The van der Waals surface area contributed by atoms with Crippen molar-refractivity contribution in [2.45, 2.75) is 19.8 Å². The van der Waals surface area contributed by atoms with Gasteiger partial charge in [0.2, 0.25) is 0 Å². The van der Waals surface area contributed by atoms with E-state index in [2.05, 4.69) is 0 Å². The van der Waals surface area contributed by atoms with Crippen LogP contribution in [0.2, 0.25) is 0 Å². The van der Waals surface area contributed by atoms with Gasteiger partial charge in [0.1, 0.15) is 23.3 Å². The summed E-state index contributed by atoms with van der Waals surface area (Å²) in [6.07, 6.45) is 0.586. The summed E-state index contributed by atoms with van der Waals surface area (Å²) in [6, 6.07) is 13.3. The molecule has 0 amide bonds. The number of aryl methyl sites for hydroxylation is 2. The maximum atomic E-state index is 14.6. The number of hydrogen-bond acceptors (Lipinski definition) is 0. The zero-order chi connectivity index (χ0) is 26.9. The fourth-order valence-corrected chi connectivity index (χ4v) is 3.97. The molecule has 0 bridgehead atoms. The average Bonchev–Trinajstić information content (AvgIpc) is 2.85. The number of hydrogen-bond donors (Lipinski definition) is 0. The minimum absolute atomic E-state index is 0.188. The lowest BCUT2D eigenvalue weighted by molar-refractivity contribution is 0.447. The van der Waals surface area contributed by atoms with Crippen LogP contribution in [-0.4, -0.2) is 0 Å². The normalized spacial score (nSPS) is 12.0. The molecule has 0 radical (unpaired) electrons. The van der Waals surface area contributed by atoms with Crippen molar-refractivity contribution in [1.29, 1.82) is 0 Å². The molecule has 4 rings (SSSR count). The zero-order valence-electron chi connectivity index (χ0n) is 19.3. The molecule has 0 fully saturated rings. The van der Waals surface area contributed by atoms with Gasteiger partial charge in [0.25, 0.3) is 0 Å². The molecule has 0 nitrogen and oxygen atoms in total. The molecule has 190 valence electrons. The van der Waals surface area contributed by atoms with Gasteiger partial charge >= 0.3 is 0 Å². The molecule has 0 spiro atoms. The molecular weight excluding hydrogens is 500 g/mol. The Bertz CT molecular complexity index is 1450. The van der Waals surface area contributed by atoms with Crippen LogP contribution in [0, 0.1) is 34.9 Å². The van der Waals surface area contributed by atoms with Crippen LogP contribution in [0.4, 0.5) is 35.1 Å². The van der Waals surface area contributed by atoms with Gasteiger partial charge in [0.05, 0.1) is 5.56 Å². The Hall–Kier alpha value is -3.94. The van der Waals surface area contributed by atoms with E-state index in [1.54, 1.807) is 24.3 Å². The summed E-state index contributed by atoms with van der Waals surface area (Å²) < 4.78 is 111. The van der Waals surface area contributed by atoms with E-state index in [0.717, 1.165) is 30.7 Å². The van der Waals surface area contributed by atoms with E-state index in [1.807, 2.05) is 0 Å². The summed E-state index contributed by atoms with van der Waals surface area (Å²) in [7, 11) is 0. The van der Waals surface area contributed by atoms with Gasteiger partial charge in [-0.15, -0.1) is 0 Å². The topological polar surface area (TPSA) is 0 Å². The Kier molecular flexibility index (Phi) is 7.47. The summed E-state index contributed by atoms with van der Waals surface area (Å²) in [5, 5.41) is 0. The number of allylic oxidation sites excluding steroid dienone is 1. The Labute approximate surface area is 207 Å². The number of rotatable bonds is 6. The van der Waals surface area contributed by atoms with Gasteiger partial charge in [-0.25, -0.2) is 35.1 Å². The van der Waals surface area contributed by atoms with Gasteiger partial charge in [-0.05, 0) is 72.4 Å². The van der Waals surface area contributed by atoms with Crippen LogP contribution in [0.5, 0.6) is 0 Å². The van der Waals surface area contributed by atoms with E-state index >= 15 is 0 Å². The molecule has 0 aromatic heterocycles. The molecule has 37 heavy (non-hydrogen) atoms. The third kappa shape index (κ3) is 5.58. The maximum absolute atomic E-state index is 14.6. The second-order valence-corrected chi connectivity index (χ2v) is 8.43. The smallest absolute Gasteiger partial charge is 0.194 e. The van der Waals surface area contributed by atoms with Crippen molar-refractivity contribution in [3.05, 3.63) is 124 Å². The van der Waals surface area contributed by atoms with Crippen molar-refractivity contribution in [2.24, 2.45) is 0 Å². The van der Waals surface area contributed by atoms with Crippen LogP contribution in [0.3, 0.4) is 0 Å². The lowest BCUT2D eigenvalue weighted by atomic mass is 9.97. The quantitative estimate of drug-likeness (QED) is 0.176. The Morgan fingerprint density at radius 2 is 1.14 bits per heavy atom. The molecule has 8 heteroatoms. The average molecular weight is 518 g/mol. The predicted molar refractivity (Wildman–Crippen MR) is 126 cm³/mol. The van der Waals surface area contributed by atoms with Crippen LogP contribution in [0.25, 0.3) is 28.1 Å². The molecule has 0 aliphatic carbocycles. The Balaban J connectivity index is 1.49. The maximum Gasteiger partial charge on any atom is 0.194 e. The molecular formula is C29H18F8. The van der Waals surface area contributed by atoms with Crippen molar-refractivity contribution in [2.75, 3.05) is 0 Å². The molecule has 0 unspecified atom stereocenters. The van der Waals surface area contributed by atoms with Crippen molar-refractivity contribution >= 4 is 5.83 Å². The van der Waals surface area contributed by atoms with Crippen molar-refractivity contribution in [1.82, 2.24) is 0 Å². The van der Waals surface area contributed by atoms with Crippen molar-refractivity contribution in [3.63, 3.8) is 0 Å². The highest BCUT2D eigenvalue weighted by Gasteiger charge is 2.18. The molecule has 0 atom stereocenters. The summed E-state index contributed by atoms with van der Waals surface area (Å²) in [4.78, 5) is 0. The Morgan fingerprint density at radius 3 is 1.68 bits per heavy atom. The van der Waals surface area contributed by atoms with Gasteiger partial charge in [-0.3, -0.25) is 0 Å². The molecule has 0 saturated carbocycles. The standard InChI is InChI=1S/C29H18F8/c1-15(30)28(36)19-8-9-21(22(31)12-19)18-6-4-16(5-7-18)2-3-17-10-23(32)27(24(33)11-17)20-13-25(34)29(37)26(35)14-20/h4-14H,2-3H2,1H3/b28-15+. The fourth-order valence-electron chi connectivity index (χ4n) is 3.97. The van der Waals surface area contributed by atoms with Gasteiger partial charge in [0, 0.05) is 11.1 Å². The first-order chi connectivity index (χ1) is 17.5. The predicted octanol–water partition coefficient (Wildman–Crippen LogP) is 9.27. The van der Waals surface area contributed by atoms with Crippen molar-refractivity contribution < 1.29 is 35.1 Å². The van der Waals surface area contributed by atoms with E-state index in [0.29, 0.717) is 24.1 Å². The first-order valence-electron chi connectivity index (χ1n) is 11.1. The van der Waals surface area contributed by atoms with E-state index in [9.17, 15) is 35.1 Å². The summed E-state index contributed by atoms with van der Waals surface area (Å²) in [5.74, 6) is -9.87. The van der Waals surface area contributed by atoms with Gasteiger partial charge in [-0.1, -0.05) is 36.4 Å². The summed E-state index contributed by atoms with van der Waals surface area (Å²) in [5.41, 5.74) is 0.393. The number of halogens is 8. The minimum Gasteiger partial charge on any atom is -0.209 e. The second-order valence-electron chi connectivity index (χ2n) is 8.43. The molecule has 0 aliphatic heterocycles. The number of benzene rings is 4. The fraction of sp³-hybridized carbons (Fsp3) is 0.103. The molecule has 4 aromatic rings. The molecule has 0 N–H and O–H groups in total. The van der Waals surface area contributed by atoms with Crippen LogP contribution in [0.15, 0.2) is 72.6 Å². The first kappa shape index (κ1) is 26.1. The largest absolute Gasteiger partial charge is 0.209 e. The summed E-state index contributed by atoms with van der Waals surface area (Å²) in [6.45, 7) is 0.935. The highest BCUT2D eigenvalue weighted by atomic mass is 19.2. The van der Waals surface area contributed by atoms with Crippen LogP contribution in [0.1, 0.15) is 23.6 Å². The third-order valence-corrected chi connectivity index (χ3v) is 5.87. The van der Waals surface area contributed by atoms with Crippen LogP contribution >= 0.6 is 0 Å². The lowest BCUT2D eigenvalue weighted by Crippen LogP contribution is -1.99. The highest BCUT2D eigenvalue weighted by Crippen LogP contribution is 2.31. The Morgan fingerprint density at radius 1 is 0.568 bits per heavy atom. The van der Waals surface area contributed by atoms with Crippen molar-refractivity contribution in [3.8, 4) is 22.3 Å². The van der Waals surface area contributed by atoms with Gasteiger partial charge < -0.3 is 0 Å². The molecule has 0 aliphatic rings. The van der Waals surface area contributed by atoms with Gasteiger partial charge in [-0.2, -0.15) is 0 Å². The highest BCUT2D eigenvalue weighted by molar-refractivity contribution is 5.69. The second kappa shape index (κ2) is 10.6. The zero-order valence-corrected chi connectivity index (χ0v) is 19.3. The summed E-state index contributed by atoms with van der Waals surface area (Å²) >= 11 is 0. The molecule has 4 aromatic carbocycles. The molecule has 0 saturated heterocycles. The lowest BCUT2D eigenvalue weighted by Gasteiger charge is -2.10. The minimum atomic E-state index is -1.73. The first-order valence-corrected chi connectivity index (χ1v) is 11.1. The van der Waals surface area contributed by atoms with E-state index in [-0.39, 0.29) is 23.1 Å². The van der Waals surface area contributed by atoms with E-state index in [4.69, 9.17) is 0 Å². The molecule has 0 heterocycles. The third-order valence-electron chi connectivity index (χ3n) is 5.87. The van der Waals surface area contributed by atoms with Crippen LogP contribution in [-0.2, 0) is 12.8 Å². The SMILES string of the molecule is C/C(F)=C(\F)c1ccc(-c2ccc(CCc3cc(F)c(-c4cc(F)c(F)c(F)c4)c(F)c3)cc2)c(F)c1. The van der Waals surface area contributed by atoms with Gasteiger partial charge in [0.15, 0.2) is 23.3 Å².